The Morgan fingerprint density at radius 2 is 2.06 bits per heavy atom. The molecule has 0 aromatic rings. The minimum atomic E-state index is -0.750. The number of carboxylic acids is 1. The molecule has 0 spiro atoms. The molecule has 0 saturated carbocycles. The molecule has 5 heteroatoms. The van der Waals surface area contributed by atoms with E-state index in [9.17, 15) is 9.59 Å². The van der Waals surface area contributed by atoms with Gasteiger partial charge in [0.25, 0.3) is 0 Å². The van der Waals surface area contributed by atoms with Gasteiger partial charge in [-0.25, -0.2) is 0 Å². The quantitative estimate of drug-likeness (QED) is 0.579. The first kappa shape index (κ1) is 14.0. The summed E-state index contributed by atoms with van der Waals surface area (Å²) in [7, 11) is 0. The number of amides is 1. The van der Waals surface area contributed by atoms with Gasteiger partial charge in [-0.3, -0.25) is 9.59 Å². The van der Waals surface area contributed by atoms with E-state index >= 15 is 0 Å². The van der Waals surface area contributed by atoms with Crippen molar-refractivity contribution >= 4 is 11.9 Å². The van der Waals surface area contributed by atoms with Gasteiger partial charge in [-0.15, -0.1) is 0 Å². The lowest BCUT2D eigenvalue weighted by Gasteiger charge is -2.22. The Morgan fingerprint density at radius 1 is 1.24 bits per heavy atom. The smallest absolute Gasteiger partial charge is 0.303 e. The highest BCUT2D eigenvalue weighted by molar-refractivity contribution is 5.81. The Morgan fingerprint density at radius 3 is 2.71 bits per heavy atom. The first-order chi connectivity index (χ1) is 8.20. The number of unbranched alkanes of at least 4 members (excludes halogenated alkanes) is 2. The summed E-state index contributed by atoms with van der Waals surface area (Å²) < 4.78 is 0. The lowest BCUT2D eigenvalue weighted by Crippen LogP contribution is -2.46. The van der Waals surface area contributed by atoms with Crippen molar-refractivity contribution in [3.8, 4) is 0 Å². The van der Waals surface area contributed by atoms with E-state index < -0.39 is 5.97 Å². The fraction of sp³-hybridized carbons (Fsp3) is 0.833. The van der Waals surface area contributed by atoms with Crippen molar-refractivity contribution in [1.29, 1.82) is 0 Å². The number of piperidine rings is 1. The molecule has 98 valence electrons. The molecule has 17 heavy (non-hydrogen) atoms. The van der Waals surface area contributed by atoms with Crippen LogP contribution in [0.3, 0.4) is 0 Å². The number of rotatable bonds is 7. The van der Waals surface area contributed by atoms with Crippen LogP contribution in [-0.4, -0.2) is 36.1 Å². The first-order valence-corrected chi connectivity index (χ1v) is 6.43. The second-order valence-electron chi connectivity index (χ2n) is 4.50. The normalized spacial score (nSPS) is 19.9. The average Bonchev–Trinajstić information content (AvgIpc) is 2.34. The van der Waals surface area contributed by atoms with Crippen molar-refractivity contribution in [1.82, 2.24) is 10.6 Å². The van der Waals surface area contributed by atoms with Crippen LogP contribution in [0.1, 0.15) is 44.9 Å². The third-order valence-electron chi connectivity index (χ3n) is 2.99. The van der Waals surface area contributed by atoms with Crippen LogP contribution in [0.25, 0.3) is 0 Å². The molecule has 1 heterocycles. The Bertz CT molecular complexity index is 250. The zero-order valence-electron chi connectivity index (χ0n) is 10.2. The van der Waals surface area contributed by atoms with E-state index in [0.717, 1.165) is 38.6 Å². The molecular weight excluding hydrogens is 220 g/mol. The fourth-order valence-electron chi connectivity index (χ4n) is 1.99. The molecule has 1 saturated heterocycles. The molecule has 1 aliphatic rings. The number of carboxylic acid groups (broad SMARTS) is 1. The fourth-order valence-corrected chi connectivity index (χ4v) is 1.99. The maximum Gasteiger partial charge on any atom is 0.303 e. The average molecular weight is 242 g/mol. The van der Waals surface area contributed by atoms with Crippen LogP contribution >= 0.6 is 0 Å². The van der Waals surface area contributed by atoms with Gasteiger partial charge in [0.2, 0.25) is 5.91 Å². The molecule has 0 radical (unpaired) electrons. The maximum atomic E-state index is 11.7. The standard InChI is InChI=1S/C12H22N2O3/c15-11(16)7-2-1-4-9-14-12(17)10-6-3-5-8-13-10/h10,13H,1-9H2,(H,14,17)(H,15,16)/t10-/m1/s1. The van der Waals surface area contributed by atoms with Gasteiger partial charge in [0.05, 0.1) is 6.04 Å². The molecular formula is C12H22N2O3. The molecule has 1 amide bonds. The molecule has 3 N–H and O–H groups in total. The summed E-state index contributed by atoms with van der Waals surface area (Å²) in [5, 5.41) is 14.5. The number of nitrogens with one attached hydrogen (secondary N) is 2. The largest absolute Gasteiger partial charge is 0.481 e. The Hall–Kier alpha value is -1.10. The van der Waals surface area contributed by atoms with E-state index in [1.54, 1.807) is 0 Å². The van der Waals surface area contributed by atoms with Crippen LogP contribution in [0.15, 0.2) is 0 Å². The van der Waals surface area contributed by atoms with Gasteiger partial charge in [0.15, 0.2) is 0 Å². The number of hydrogen-bond donors (Lipinski definition) is 3. The summed E-state index contributed by atoms with van der Waals surface area (Å²) in [6.45, 7) is 1.58. The van der Waals surface area contributed by atoms with Gasteiger partial charge < -0.3 is 15.7 Å². The van der Waals surface area contributed by atoms with Crippen molar-refractivity contribution in [2.75, 3.05) is 13.1 Å². The topological polar surface area (TPSA) is 78.4 Å². The van der Waals surface area contributed by atoms with Crippen molar-refractivity contribution in [3.05, 3.63) is 0 Å². The van der Waals surface area contributed by atoms with Gasteiger partial charge in [-0.1, -0.05) is 12.8 Å². The van der Waals surface area contributed by atoms with E-state index in [0.29, 0.717) is 13.0 Å². The van der Waals surface area contributed by atoms with E-state index in [1.165, 1.54) is 0 Å². The van der Waals surface area contributed by atoms with Crippen LogP contribution < -0.4 is 10.6 Å². The molecule has 5 nitrogen and oxygen atoms in total. The molecule has 1 atom stereocenters. The van der Waals surface area contributed by atoms with Crippen LogP contribution in [0.2, 0.25) is 0 Å². The minimum Gasteiger partial charge on any atom is -0.481 e. The van der Waals surface area contributed by atoms with Gasteiger partial charge in [-0.05, 0) is 32.2 Å². The maximum absolute atomic E-state index is 11.7. The summed E-state index contributed by atoms with van der Waals surface area (Å²) in [5.74, 6) is -0.664. The third kappa shape index (κ3) is 6.26. The molecule has 0 aromatic heterocycles. The molecule has 0 unspecified atom stereocenters. The zero-order valence-corrected chi connectivity index (χ0v) is 10.2. The molecule has 0 aromatic carbocycles. The highest BCUT2D eigenvalue weighted by Gasteiger charge is 2.19. The third-order valence-corrected chi connectivity index (χ3v) is 2.99. The Kier molecular flexibility index (Phi) is 6.62. The second kappa shape index (κ2) is 8.06. The van der Waals surface area contributed by atoms with Crippen LogP contribution in [0, 0.1) is 0 Å². The molecule has 1 fully saturated rings. The first-order valence-electron chi connectivity index (χ1n) is 6.43. The van der Waals surface area contributed by atoms with E-state index in [2.05, 4.69) is 10.6 Å². The molecule has 1 aliphatic heterocycles. The SMILES string of the molecule is O=C(O)CCCCCNC(=O)[C@H]1CCCCN1. The van der Waals surface area contributed by atoms with E-state index in [-0.39, 0.29) is 18.4 Å². The molecule has 0 bridgehead atoms. The molecule has 0 aliphatic carbocycles. The van der Waals surface area contributed by atoms with E-state index in [1.807, 2.05) is 0 Å². The summed E-state index contributed by atoms with van der Waals surface area (Å²) in [5.41, 5.74) is 0. The number of aliphatic carboxylic acids is 1. The number of carbonyl (C=O) groups is 2. The van der Waals surface area contributed by atoms with Crippen LogP contribution in [0.4, 0.5) is 0 Å². The van der Waals surface area contributed by atoms with Crippen molar-refractivity contribution < 1.29 is 14.7 Å². The highest BCUT2D eigenvalue weighted by Crippen LogP contribution is 2.06. The van der Waals surface area contributed by atoms with Crippen molar-refractivity contribution in [2.24, 2.45) is 0 Å². The number of carbonyl (C=O) groups excluding carboxylic acids is 1. The predicted molar refractivity (Wildman–Crippen MR) is 64.8 cm³/mol. The Labute approximate surface area is 102 Å². The number of hydrogen-bond acceptors (Lipinski definition) is 3. The summed E-state index contributed by atoms with van der Waals surface area (Å²) >= 11 is 0. The summed E-state index contributed by atoms with van der Waals surface area (Å²) in [4.78, 5) is 21.9. The summed E-state index contributed by atoms with van der Waals surface area (Å²) in [6.07, 6.45) is 5.80. The molecule has 1 rings (SSSR count). The van der Waals surface area contributed by atoms with Gasteiger partial charge in [0, 0.05) is 13.0 Å². The van der Waals surface area contributed by atoms with Crippen LogP contribution in [-0.2, 0) is 9.59 Å². The van der Waals surface area contributed by atoms with Crippen molar-refractivity contribution in [2.45, 2.75) is 51.0 Å². The lowest BCUT2D eigenvalue weighted by molar-refractivity contribution is -0.137. The zero-order chi connectivity index (χ0) is 12.5. The summed E-state index contributed by atoms with van der Waals surface area (Å²) in [6, 6.07) is -0.0252. The predicted octanol–water partition coefficient (Wildman–Crippen LogP) is 0.890. The highest BCUT2D eigenvalue weighted by atomic mass is 16.4. The Balaban J connectivity index is 1.98. The monoisotopic (exact) mass is 242 g/mol. The second-order valence-corrected chi connectivity index (χ2v) is 4.50. The van der Waals surface area contributed by atoms with Gasteiger partial charge >= 0.3 is 5.97 Å². The van der Waals surface area contributed by atoms with Crippen molar-refractivity contribution in [3.63, 3.8) is 0 Å². The van der Waals surface area contributed by atoms with Crippen LogP contribution in [0.5, 0.6) is 0 Å². The van der Waals surface area contributed by atoms with E-state index in [4.69, 9.17) is 5.11 Å². The van der Waals surface area contributed by atoms with Gasteiger partial charge in [0.1, 0.15) is 0 Å². The van der Waals surface area contributed by atoms with Gasteiger partial charge in [-0.2, -0.15) is 0 Å². The minimum absolute atomic E-state index is 0.0252. The lowest BCUT2D eigenvalue weighted by atomic mass is 10.0.